The van der Waals surface area contributed by atoms with Crippen molar-refractivity contribution in [2.24, 2.45) is 20.0 Å². The molecule has 8 nitrogen and oxygen atoms in total. The number of isocyanates is 4. The molecule has 0 atom stereocenters. The third-order valence-electron chi connectivity index (χ3n) is 4.09. The summed E-state index contributed by atoms with van der Waals surface area (Å²) in [5.74, 6) is 0. The molecule has 2 rings (SSSR count). The highest BCUT2D eigenvalue weighted by molar-refractivity contribution is 5.93. The second-order valence-electron chi connectivity index (χ2n) is 5.43. The maximum Gasteiger partial charge on any atom is 0.240 e. The van der Waals surface area contributed by atoms with E-state index in [-0.39, 0.29) is 22.7 Å². The molecule has 1 aromatic carbocycles. The van der Waals surface area contributed by atoms with Gasteiger partial charge in [-0.1, -0.05) is 19.3 Å². The molecule has 0 N–H and O–H groups in total. The molecule has 0 heterocycles. The van der Waals surface area contributed by atoms with Gasteiger partial charge in [0.1, 0.15) is 22.7 Å². The molecule has 0 bridgehead atoms. The molecule has 0 radical (unpaired) electrons. The van der Waals surface area contributed by atoms with Crippen LogP contribution in [0.5, 0.6) is 0 Å². The predicted molar refractivity (Wildman–Crippen MR) is 88.1 cm³/mol. The Morgan fingerprint density at radius 3 is 1.16 bits per heavy atom. The van der Waals surface area contributed by atoms with Crippen LogP contribution in [0.4, 0.5) is 22.7 Å². The van der Waals surface area contributed by atoms with Crippen LogP contribution in [0.2, 0.25) is 0 Å². The van der Waals surface area contributed by atoms with E-state index in [0.29, 0.717) is 24.0 Å². The van der Waals surface area contributed by atoms with Gasteiger partial charge in [-0.15, -0.1) is 0 Å². The van der Waals surface area contributed by atoms with Gasteiger partial charge in [-0.25, -0.2) is 19.2 Å². The summed E-state index contributed by atoms with van der Waals surface area (Å²) >= 11 is 0. The van der Waals surface area contributed by atoms with Crippen molar-refractivity contribution in [1.29, 1.82) is 0 Å². The maximum absolute atomic E-state index is 10.9. The summed E-state index contributed by atoms with van der Waals surface area (Å²) in [7, 11) is 0. The highest BCUT2D eigenvalue weighted by Crippen LogP contribution is 2.50. The summed E-state index contributed by atoms with van der Waals surface area (Å²) in [5.41, 5.74) is 1.22. The van der Waals surface area contributed by atoms with Crippen LogP contribution in [-0.4, -0.2) is 24.3 Å². The standard InChI is InChI=1S/C17H14N4O4/c22-8-18-14-12-6-4-2-1-3-5-7-13(12)15(19-9-23)17(21-11-25)16(14)20-10-24/h1-7H2. The van der Waals surface area contributed by atoms with Crippen molar-refractivity contribution in [3.05, 3.63) is 11.1 Å². The van der Waals surface area contributed by atoms with Crippen LogP contribution in [0.3, 0.4) is 0 Å². The zero-order valence-corrected chi connectivity index (χ0v) is 13.4. The van der Waals surface area contributed by atoms with Crippen LogP contribution in [0, 0.1) is 0 Å². The monoisotopic (exact) mass is 338 g/mol. The second kappa shape index (κ2) is 9.14. The maximum atomic E-state index is 10.9. The van der Waals surface area contributed by atoms with Gasteiger partial charge in [0, 0.05) is 0 Å². The van der Waals surface area contributed by atoms with Crippen LogP contribution in [0.25, 0.3) is 0 Å². The number of rotatable bonds is 4. The molecule has 1 aliphatic carbocycles. The molecule has 1 aromatic rings. The Hall–Kier alpha value is -3.26. The normalized spacial score (nSPS) is 13.3. The van der Waals surface area contributed by atoms with E-state index in [4.69, 9.17) is 0 Å². The first kappa shape index (κ1) is 18.1. The van der Waals surface area contributed by atoms with E-state index in [0.717, 1.165) is 32.1 Å². The molecule has 1 aliphatic rings. The summed E-state index contributed by atoms with van der Waals surface area (Å²) < 4.78 is 0. The minimum atomic E-state index is -0.145. The number of hydrogen-bond donors (Lipinski definition) is 0. The van der Waals surface area contributed by atoms with Gasteiger partial charge in [-0.05, 0) is 36.8 Å². The lowest BCUT2D eigenvalue weighted by atomic mass is 9.93. The molecular formula is C17H14N4O4. The first-order valence-electron chi connectivity index (χ1n) is 7.81. The summed E-state index contributed by atoms with van der Waals surface area (Å²) in [6.07, 6.45) is 11.4. The van der Waals surface area contributed by atoms with Crippen molar-refractivity contribution >= 4 is 47.1 Å². The summed E-state index contributed by atoms with van der Waals surface area (Å²) in [6.45, 7) is 0. The highest BCUT2D eigenvalue weighted by atomic mass is 16.1. The molecule has 126 valence electrons. The molecular weight excluding hydrogens is 324 g/mol. The topological polar surface area (TPSA) is 118 Å². The molecule has 0 saturated carbocycles. The molecule has 0 fully saturated rings. The zero-order valence-electron chi connectivity index (χ0n) is 13.4. The summed E-state index contributed by atoms with van der Waals surface area (Å²) in [5, 5.41) is 0. The Morgan fingerprint density at radius 2 is 0.800 bits per heavy atom. The summed E-state index contributed by atoms with van der Waals surface area (Å²) in [4.78, 5) is 57.8. The van der Waals surface area contributed by atoms with Crippen LogP contribution in [-0.2, 0) is 32.0 Å². The molecule has 8 heteroatoms. The number of fused-ring (bicyclic) bond motifs is 1. The number of benzene rings is 1. The first-order chi connectivity index (χ1) is 12.3. The molecule has 0 aliphatic heterocycles. The van der Waals surface area contributed by atoms with Gasteiger partial charge in [0.15, 0.2) is 0 Å². The van der Waals surface area contributed by atoms with Crippen molar-refractivity contribution in [2.45, 2.75) is 44.9 Å². The Morgan fingerprint density at radius 1 is 0.480 bits per heavy atom. The molecule has 0 amide bonds. The van der Waals surface area contributed by atoms with Crippen LogP contribution >= 0.6 is 0 Å². The third kappa shape index (κ3) is 3.99. The smallest absolute Gasteiger partial charge is 0.211 e. The van der Waals surface area contributed by atoms with E-state index in [1.165, 1.54) is 24.3 Å². The number of carbonyl (C=O) groups excluding carboxylic acids is 4. The minimum absolute atomic E-state index is 0.106. The number of aliphatic imine (C=N–C) groups is 4. The quantitative estimate of drug-likeness (QED) is 0.615. The van der Waals surface area contributed by atoms with Gasteiger partial charge >= 0.3 is 0 Å². The van der Waals surface area contributed by atoms with Crippen molar-refractivity contribution in [3.63, 3.8) is 0 Å². The average molecular weight is 338 g/mol. The number of nitrogens with zero attached hydrogens (tertiary/aromatic N) is 4. The van der Waals surface area contributed by atoms with Gasteiger partial charge < -0.3 is 0 Å². The van der Waals surface area contributed by atoms with Crippen molar-refractivity contribution in [1.82, 2.24) is 0 Å². The third-order valence-corrected chi connectivity index (χ3v) is 4.09. The van der Waals surface area contributed by atoms with Gasteiger partial charge in [0.2, 0.25) is 24.3 Å². The first-order valence-corrected chi connectivity index (χ1v) is 7.81. The Balaban J connectivity index is 2.99. The van der Waals surface area contributed by atoms with Gasteiger partial charge in [-0.3, -0.25) is 0 Å². The van der Waals surface area contributed by atoms with E-state index in [9.17, 15) is 19.2 Å². The average Bonchev–Trinajstić information content (AvgIpc) is 2.73. The fourth-order valence-electron chi connectivity index (χ4n) is 3.10. The molecule has 0 spiro atoms. The lowest BCUT2D eigenvalue weighted by Gasteiger charge is -2.16. The lowest BCUT2D eigenvalue weighted by molar-refractivity contribution is 0.563. The van der Waals surface area contributed by atoms with E-state index >= 15 is 0 Å². The van der Waals surface area contributed by atoms with Crippen molar-refractivity contribution in [3.8, 4) is 0 Å². The van der Waals surface area contributed by atoms with Crippen LogP contribution in [0.1, 0.15) is 43.2 Å². The summed E-state index contributed by atoms with van der Waals surface area (Å²) in [6, 6.07) is 0. The van der Waals surface area contributed by atoms with Crippen molar-refractivity contribution < 1.29 is 19.2 Å². The fourth-order valence-corrected chi connectivity index (χ4v) is 3.10. The van der Waals surface area contributed by atoms with E-state index in [1.54, 1.807) is 0 Å². The Kier molecular flexibility index (Phi) is 6.61. The van der Waals surface area contributed by atoms with Crippen LogP contribution < -0.4 is 0 Å². The Labute approximate surface area is 143 Å². The van der Waals surface area contributed by atoms with E-state index in [2.05, 4.69) is 20.0 Å². The zero-order chi connectivity index (χ0) is 18.1. The molecule has 25 heavy (non-hydrogen) atoms. The molecule has 0 saturated heterocycles. The SMILES string of the molecule is O=C=Nc1c2c(c(N=C=O)c(N=C=O)c1N=C=O)CCCCCCC2. The second-order valence-corrected chi connectivity index (χ2v) is 5.43. The largest absolute Gasteiger partial charge is 0.240 e. The number of hydrogen-bond acceptors (Lipinski definition) is 8. The Bertz CT molecular complexity index is 796. The molecule has 0 unspecified atom stereocenters. The highest BCUT2D eigenvalue weighted by Gasteiger charge is 2.24. The van der Waals surface area contributed by atoms with E-state index < -0.39 is 0 Å². The lowest BCUT2D eigenvalue weighted by Crippen LogP contribution is -1.97. The molecule has 0 aromatic heterocycles. The van der Waals surface area contributed by atoms with Gasteiger partial charge in [-0.2, -0.15) is 20.0 Å². The minimum Gasteiger partial charge on any atom is -0.211 e. The van der Waals surface area contributed by atoms with Crippen LogP contribution in [0.15, 0.2) is 20.0 Å². The predicted octanol–water partition coefficient (Wildman–Crippen LogP) is 3.60. The van der Waals surface area contributed by atoms with Gasteiger partial charge in [0.05, 0.1) is 0 Å². The fraction of sp³-hybridized carbons (Fsp3) is 0.412. The van der Waals surface area contributed by atoms with E-state index in [1.807, 2.05) is 0 Å². The van der Waals surface area contributed by atoms with Gasteiger partial charge in [0.25, 0.3) is 0 Å². The van der Waals surface area contributed by atoms with Crippen molar-refractivity contribution in [2.75, 3.05) is 0 Å².